The molecule has 1 nitrogen and oxygen atoms in total. The molecule has 102 valence electrons. The van der Waals surface area contributed by atoms with Crippen LogP contribution in [0.5, 0.6) is 0 Å². The summed E-state index contributed by atoms with van der Waals surface area (Å²) >= 11 is 0. The van der Waals surface area contributed by atoms with E-state index >= 15 is 0 Å². The largest absolute Gasteiger partial charge is 0.416 e. The molecular weight excluding hydrogens is 275 g/mol. The Hall–Kier alpha value is -1.68. The van der Waals surface area contributed by atoms with E-state index in [2.05, 4.69) is 5.32 Å². The first-order valence-electron chi connectivity index (χ1n) is 5.51. The zero-order valence-corrected chi connectivity index (χ0v) is 10.8. The van der Waals surface area contributed by atoms with Crippen LogP contribution in [0, 0.1) is 0 Å². The van der Waals surface area contributed by atoms with Crippen LogP contribution in [-0.4, -0.2) is 0 Å². The fraction of sp³-hybridized carbons (Fsp3) is 0.143. The lowest BCUT2D eigenvalue weighted by molar-refractivity contribution is -0.137. The summed E-state index contributed by atoms with van der Waals surface area (Å²) in [6.07, 6.45) is -4.30. The van der Waals surface area contributed by atoms with Crippen LogP contribution in [0.25, 0.3) is 0 Å². The quantitative estimate of drug-likeness (QED) is 0.860. The summed E-state index contributed by atoms with van der Waals surface area (Å²) in [5.74, 6) is 0. The zero-order chi connectivity index (χ0) is 13.0. The van der Waals surface area contributed by atoms with E-state index in [0.29, 0.717) is 12.2 Å². The van der Waals surface area contributed by atoms with Crippen molar-refractivity contribution in [3.8, 4) is 0 Å². The summed E-state index contributed by atoms with van der Waals surface area (Å²) in [7, 11) is 0. The van der Waals surface area contributed by atoms with Gasteiger partial charge in [-0.25, -0.2) is 0 Å². The number of alkyl halides is 3. The Bertz CT molecular complexity index is 512. The monoisotopic (exact) mass is 287 g/mol. The molecule has 2 rings (SSSR count). The summed E-state index contributed by atoms with van der Waals surface area (Å²) in [5, 5.41) is 2.97. The summed E-state index contributed by atoms with van der Waals surface area (Å²) in [6, 6.07) is 14.7. The number of anilines is 1. The van der Waals surface area contributed by atoms with Gasteiger partial charge in [0.25, 0.3) is 0 Å². The molecule has 0 bridgehead atoms. The molecule has 0 unspecified atom stereocenters. The third-order valence-electron chi connectivity index (χ3n) is 2.53. The predicted octanol–water partition coefficient (Wildman–Crippen LogP) is 4.74. The van der Waals surface area contributed by atoms with E-state index < -0.39 is 11.7 Å². The number of nitrogens with one attached hydrogen (secondary N) is 1. The third-order valence-corrected chi connectivity index (χ3v) is 2.53. The molecule has 2 aromatic carbocycles. The van der Waals surface area contributed by atoms with Crippen molar-refractivity contribution < 1.29 is 13.2 Å². The average Bonchev–Trinajstić information content (AvgIpc) is 2.37. The van der Waals surface area contributed by atoms with Gasteiger partial charge in [-0.05, 0) is 23.8 Å². The first kappa shape index (κ1) is 15.4. The van der Waals surface area contributed by atoms with Crippen LogP contribution in [-0.2, 0) is 12.7 Å². The Morgan fingerprint density at radius 3 is 2.21 bits per heavy atom. The molecule has 19 heavy (non-hydrogen) atoms. The number of benzene rings is 2. The Balaban J connectivity index is 0.00000180. The smallest absolute Gasteiger partial charge is 0.381 e. The second kappa shape index (κ2) is 6.48. The lowest BCUT2D eigenvalue weighted by Crippen LogP contribution is -2.06. The number of rotatable bonds is 3. The lowest BCUT2D eigenvalue weighted by atomic mass is 10.2. The minimum atomic E-state index is -4.30. The van der Waals surface area contributed by atoms with Crippen LogP contribution in [0.3, 0.4) is 0 Å². The van der Waals surface area contributed by atoms with Crippen LogP contribution in [0.15, 0.2) is 54.6 Å². The van der Waals surface area contributed by atoms with E-state index in [1.165, 1.54) is 6.07 Å². The van der Waals surface area contributed by atoms with Gasteiger partial charge in [-0.2, -0.15) is 13.2 Å². The minimum Gasteiger partial charge on any atom is -0.381 e. The summed E-state index contributed by atoms with van der Waals surface area (Å²) in [5.41, 5.74) is 0.851. The van der Waals surface area contributed by atoms with Crippen molar-refractivity contribution in [1.29, 1.82) is 0 Å². The van der Waals surface area contributed by atoms with Gasteiger partial charge in [0, 0.05) is 12.2 Å². The van der Waals surface area contributed by atoms with Crippen molar-refractivity contribution in [1.82, 2.24) is 0 Å². The van der Waals surface area contributed by atoms with Crippen molar-refractivity contribution in [2.24, 2.45) is 0 Å². The van der Waals surface area contributed by atoms with Gasteiger partial charge >= 0.3 is 6.18 Å². The predicted molar refractivity (Wildman–Crippen MR) is 72.5 cm³/mol. The molecule has 0 aliphatic heterocycles. The molecule has 0 radical (unpaired) electrons. The average molecular weight is 288 g/mol. The van der Waals surface area contributed by atoms with Crippen molar-refractivity contribution >= 4 is 18.1 Å². The van der Waals surface area contributed by atoms with Crippen LogP contribution in [0.2, 0.25) is 0 Å². The zero-order valence-electron chi connectivity index (χ0n) is 9.95. The van der Waals surface area contributed by atoms with Gasteiger partial charge in [0.05, 0.1) is 5.56 Å². The normalized spacial score (nSPS) is 10.7. The third kappa shape index (κ3) is 4.48. The van der Waals surface area contributed by atoms with E-state index in [-0.39, 0.29) is 12.4 Å². The van der Waals surface area contributed by atoms with Crippen LogP contribution in [0.4, 0.5) is 18.9 Å². The second-order valence-corrected chi connectivity index (χ2v) is 3.92. The highest BCUT2D eigenvalue weighted by Crippen LogP contribution is 2.30. The standard InChI is InChI=1S/C14H12F3N.ClH/c15-14(16,17)12-7-4-8-13(9-12)18-10-11-5-2-1-3-6-11;/h1-9,18H,10H2;1H. The highest BCUT2D eigenvalue weighted by Gasteiger charge is 2.30. The number of hydrogen-bond donors (Lipinski definition) is 1. The summed E-state index contributed by atoms with van der Waals surface area (Å²) < 4.78 is 37.5. The molecule has 0 aliphatic rings. The van der Waals surface area contributed by atoms with Crippen LogP contribution < -0.4 is 5.32 Å². The van der Waals surface area contributed by atoms with Crippen molar-refractivity contribution in [3.63, 3.8) is 0 Å². The van der Waals surface area contributed by atoms with Gasteiger partial charge in [-0.3, -0.25) is 0 Å². The Kier molecular flexibility index (Phi) is 5.24. The van der Waals surface area contributed by atoms with E-state index in [9.17, 15) is 13.2 Å². The van der Waals surface area contributed by atoms with Crippen molar-refractivity contribution in [3.05, 3.63) is 65.7 Å². The Morgan fingerprint density at radius 1 is 0.895 bits per heavy atom. The molecule has 0 fully saturated rings. The fourth-order valence-corrected chi connectivity index (χ4v) is 1.61. The first-order valence-corrected chi connectivity index (χ1v) is 5.51. The molecule has 0 saturated carbocycles. The molecule has 0 heterocycles. The Morgan fingerprint density at radius 2 is 1.58 bits per heavy atom. The highest BCUT2D eigenvalue weighted by atomic mass is 35.5. The maximum Gasteiger partial charge on any atom is 0.416 e. The molecule has 0 amide bonds. The van der Waals surface area contributed by atoms with Gasteiger partial charge in [-0.15, -0.1) is 12.4 Å². The van der Waals surface area contributed by atoms with Gasteiger partial charge < -0.3 is 5.32 Å². The van der Waals surface area contributed by atoms with Crippen LogP contribution >= 0.6 is 12.4 Å². The Labute approximate surface area is 115 Å². The SMILES string of the molecule is Cl.FC(F)(F)c1cccc(NCc2ccccc2)c1. The molecule has 0 aromatic heterocycles. The molecule has 0 spiro atoms. The molecule has 2 aromatic rings. The van der Waals surface area contributed by atoms with E-state index in [1.54, 1.807) is 6.07 Å². The summed E-state index contributed by atoms with van der Waals surface area (Å²) in [6.45, 7) is 0.502. The molecule has 0 saturated heterocycles. The second-order valence-electron chi connectivity index (χ2n) is 3.92. The lowest BCUT2D eigenvalue weighted by Gasteiger charge is -2.10. The molecule has 5 heteroatoms. The van der Waals surface area contributed by atoms with Crippen molar-refractivity contribution in [2.75, 3.05) is 5.32 Å². The highest BCUT2D eigenvalue weighted by molar-refractivity contribution is 5.85. The first-order chi connectivity index (χ1) is 8.55. The number of halogens is 4. The molecule has 0 atom stereocenters. The fourth-order valence-electron chi connectivity index (χ4n) is 1.61. The maximum absolute atomic E-state index is 12.5. The minimum absolute atomic E-state index is 0. The topological polar surface area (TPSA) is 12.0 Å². The summed E-state index contributed by atoms with van der Waals surface area (Å²) in [4.78, 5) is 0. The van der Waals surface area contributed by atoms with Crippen molar-refractivity contribution in [2.45, 2.75) is 12.7 Å². The van der Waals surface area contributed by atoms with E-state index in [4.69, 9.17) is 0 Å². The van der Waals surface area contributed by atoms with Gasteiger partial charge in [0.15, 0.2) is 0 Å². The van der Waals surface area contributed by atoms with Gasteiger partial charge in [0.1, 0.15) is 0 Å². The number of hydrogen-bond acceptors (Lipinski definition) is 1. The van der Waals surface area contributed by atoms with Crippen LogP contribution in [0.1, 0.15) is 11.1 Å². The van der Waals surface area contributed by atoms with Gasteiger partial charge in [-0.1, -0.05) is 36.4 Å². The van der Waals surface area contributed by atoms with E-state index in [1.807, 2.05) is 30.3 Å². The molecular formula is C14H13ClF3N. The maximum atomic E-state index is 12.5. The molecule has 1 N–H and O–H groups in total. The van der Waals surface area contributed by atoms with Gasteiger partial charge in [0.2, 0.25) is 0 Å². The van der Waals surface area contributed by atoms with E-state index in [0.717, 1.165) is 17.7 Å². The molecule has 0 aliphatic carbocycles.